The second-order valence-electron chi connectivity index (χ2n) is 15.3. The van der Waals surface area contributed by atoms with Gasteiger partial charge < -0.3 is 28.8 Å². The van der Waals surface area contributed by atoms with Gasteiger partial charge >= 0.3 is 0 Å². The van der Waals surface area contributed by atoms with Gasteiger partial charge in [0.05, 0.1) is 39.9 Å². The van der Waals surface area contributed by atoms with E-state index in [0.717, 1.165) is 77.0 Å². The van der Waals surface area contributed by atoms with Crippen LogP contribution in [0.25, 0.3) is 0 Å². The summed E-state index contributed by atoms with van der Waals surface area (Å²) in [5, 5.41) is 13.7. The normalized spacial score (nSPS) is 15.0. The Balaban J connectivity index is 4.51. The monoisotopic (exact) mass is 753 g/mol. The summed E-state index contributed by atoms with van der Waals surface area (Å²) < 4.78 is 23.1. The van der Waals surface area contributed by atoms with Gasteiger partial charge in [0.1, 0.15) is 13.2 Å². The second-order valence-corrected chi connectivity index (χ2v) is 16.7. The number of hydrogen-bond donors (Lipinski definition) is 2. The number of nitrogens with zero attached hydrogens (tertiary/aromatic N) is 1. The zero-order chi connectivity index (χ0) is 38.6. The van der Waals surface area contributed by atoms with Crippen LogP contribution in [0.2, 0.25) is 0 Å². The number of allylic oxidation sites excluding steroid dienone is 7. The Morgan fingerprint density at radius 1 is 0.692 bits per heavy atom. The highest BCUT2D eigenvalue weighted by atomic mass is 31.2. The van der Waals surface area contributed by atoms with Crippen LogP contribution in [-0.2, 0) is 18.4 Å². The third kappa shape index (κ3) is 36.8. The molecule has 0 aromatic carbocycles. The van der Waals surface area contributed by atoms with E-state index in [0.29, 0.717) is 17.4 Å². The first-order valence-corrected chi connectivity index (χ1v) is 22.5. The van der Waals surface area contributed by atoms with Gasteiger partial charge in [-0.2, -0.15) is 0 Å². The molecule has 304 valence electrons. The summed E-state index contributed by atoms with van der Waals surface area (Å²) in [6, 6.07) is -0.894. The molecule has 0 fully saturated rings. The van der Waals surface area contributed by atoms with Crippen LogP contribution in [0, 0.1) is 0 Å². The molecule has 0 saturated carbocycles. The quantitative estimate of drug-likeness (QED) is 0.0283. The number of phosphoric ester groups is 1. The molecule has 0 aromatic rings. The van der Waals surface area contributed by atoms with E-state index in [9.17, 15) is 19.4 Å². The molecule has 0 aliphatic carbocycles. The highest BCUT2D eigenvalue weighted by Gasteiger charge is 2.23. The molecule has 0 rings (SSSR count). The van der Waals surface area contributed by atoms with Gasteiger partial charge in [-0.3, -0.25) is 9.36 Å². The molecule has 0 heterocycles. The van der Waals surface area contributed by atoms with Crippen LogP contribution in [-0.4, -0.2) is 68.5 Å². The highest BCUT2D eigenvalue weighted by molar-refractivity contribution is 7.45. The maximum Gasteiger partial charge on any atom is 0.268 e. The second kappa shape index (κ2) is 35.2. The van der Waals surface area contributed by atoms with Crippen molar-refractivity contribution in [1.29, 1.82) is 0 Å². The van der Waals surface area contributed by atoms with Gasteiger partial charge in [0, 0.05) is 6.42 Å². The van der Waals surface area contributed by atoms with Crippen molar-refractivity contribution in [2.45, 2.75) is 180 Å². The summed E-state index contributed by atoms with van der Waals surface area (Å²) in [6.07, 6.45) is 42.9. The molecular weight excluding hydrogens is 671 g/mol. The van der Waals surface area contributed by atoms with Gasteiger partial charge in [-0.15, -0.1) is 0 Å². The molecule has 0 aromatic heterocycles. The molecule has 0 spiro atoms. The minimum Gasteiger partial charge on any atom is -0.756 e. The van der Waals surface area contributed by atoms with Crippen molar-refractivity contribution in [3.8, 4) is 0 Å². The van der Waals surface area contributed by atoms with Gasteiger partial charge in [-0.05, 0) is 51.4 Å². The van der Waals surface area contributed by atoms with Crippen LogP contribution in [0.1, 0.15) is 168 Å². The average Bonchev–Trinajstić information content (AvgIpc) is 3.09. The Morgan fingerprint density at radius 2 is 1.17 bits per heavy atom. The fourth-order valence-electron chi connectivity index (χ4n) is 5.69. The number of quaternary nitrogens is 1. The maximum atomic E-state index is 12.8. The lowest BCUT2D eigenvalue weighted by atomic mass is 10.0. The number of unbranched alkanes of at least 4 members (excludes halogenated alkanes) is 18. The van der Waals surface area contributed by atoms with E-state index in [4.69, 9.17) is 9.05 Å². The number of rotatable bonds is 37. The third-order valence-corrected chi connectivity index (χ3v) is 10.0. The summed E-state index contributed by atoms with van der Waals surface area (Å²) in [5.41, 5.74) is 0. The molecule has 0 aliphatic heterocycles. The maximum absolute atomic E-state index is 12.8. The number of aliphatic hydroxyl groups is 1. The molecule has 3 atom stereocenters. The van der Waals surface area contributed by atoms with E-state index in [-0.39, 0.29) is 19.1 Å². The van der Waals surface area contributed by atoms with Crippen LogP contribution >= 0.6 is 7.82 Å². The molecule has 52 heavy (non-hydrogen) atoms. The van der Waals surface area contributed by atoms with Crippen molar-refractivity contribution in [2.75, 3.05) is 40.9 Å². The zero-order valence-electron chi connectivity index (χ0n) is 34.2. The SMILES string of the molecule is CC/C=C\C/C=C\C/C=C\CCCCCCCC(=O)NC(COP(=O)([O-])OCC[N+](C)(C)C)C(O)/C=C/CCCCCCCCCCCCCCC. The Labute approximate surface area is 320 Å². The number of nitrogens with one attached hydrogen (secondary N) is 1. The fourth-order valence-corrected chi connectivity index (χ4v) is 6.42. The summed E-state index contributed by atoms with van der Waals surface area (Å²) >= 11 is 0. The lowest BCUT2D eigenvalue weighted by Crippen LogP contribution is -2.45. The molecule has 8 nitrogen and oxygen atoms in total. The molecular formula is C43H81N2O6P. The van der Waals surface area contributed by atoms with Gasteiger partial charge in [-0.1, -0.05) is 159 Å². The minimum atomic E-state index is -4.59. The summed E-state index contributed by atoms with van der Waals surface area (Å²) in [4.78, 5) is 25.2. The largest absolute Gasteiger partial charge is 0.756 e. The van der Waals surface area contributed by atoms with Crippen molar-refractivity contribution in [3.05, 3.63) is 48.6 Å². The lowest BCUT2D eigenvalue weighted by molar-refractivity contribution is -0.870. The van der Waals surface area contributed by atoms with Gasteiger partial charge in [0.15, 0.2) is 0 Å². The first-order valence-electron chi connectivity index (χ1n) is 21.0. The number of likely N-dealkylation sites (N-methyl/N-ethyl adjacent to an activating group) is 1. The standard InChI is InChI=1S/C43H81N2O6P/c1-6-8-10-12-14-16-18-20-22-24-26-28-30-32-34-36-42(46)41(40-51-52(48,49)50-39-38-45(3,4)5)44-43(47)37-35-33-31-29-27-25-23-21-19-17-15-13-11-9-7-2/h9,11,15,17,21,23,34,36,41-42,46H,6-8,10,12-14,16,18-20,22,24-33,35,37-40H2,1-5H3,(H-,44,47,48,49)/b11-9-,17-15-,23-21-,36-34+. The van der Waals surface area contributed by atoms with Gasteiger partial charge in [-0.25, -0.2) is 0 Å². The highest BCUT2D eigenvalue weighted by Crippen LogP contribution is 2.38. The first kappa shape index (κ1) is 50.5. The van der Waals surface area contributed by atoms with E-state index in [1.165, 1.54) is 70.6 Å². The Bertz CT molecular complexity index is 991. The topological polar surface area (TPSA) is 108 Å². The van der Waals surface area contributed by atoms with E-state index >= 15 is 0 Å². The van der Waals surface area contributed by atoms with Crippen LogP contribution in [0.5, 0.6) is 0 Å². The molecule has 0 radical (unpaired) electrons. The molecule has 0 bridgehead atoms. The van der Waals surface area contributed by atoms with Crippen molar-refractivity contribution >= 4 is 13.7 Å². The summed E-state index contributed by atoms with van der Waals surface area (Å²) in [6.45, 7) is 4.50. The predicted molar refractivity (Wildman–Crippen MR) is 219 cm³/mol. The van der Waals surface area contributed by atoms with Crippen molar-refractivity contribution < 1.29 is 32.9 Å². The smallest absolute Gasteiger partial charge is 0.268 e. The number of aliphatic hydroxyl groups excluding tert-OH is 1. The van der Waals surface area contributed by atoms with E-state index in [2.05, 4.69) is 55.6 Å². The van der Waals surface area contributed by atoms with Crippen LogP contribution in [0.4, 0.5) is 0 Å². The Kier molecular flexibility index (Phi) is 34.1. The van der Waals surface area contributed by atoms with Crippen molar-refractivity contribution in [1.82, 2.24) is 5.32 Å². The third-order valence-electron chi connectivity index (χ3n) is 9.04. The van der Waals surface area contributed by atoms with Gasteiger partial charge in [0.2, 0.25) is 5.91 Å². The van der Waals surface area contributed by atoms with Gasteiger partial charge in [0.25, 0.3) is 7.82 Å². The Hall–Kier alpha value is -1.54. The number of amides is 1. The number of hydrogen-bond acceptors (Lipinski definition) is 6. The molecule has 1 amide bonds. The molecule has 0 saturated heterocycles. The van der Waals surface area contributed by atoms with E-state index in [1.807, 2.05) is 27.2 Å². The summed E-state index contributed by atoms with van der Waals surface area (Å²) in [7, 11) is 1.24. The van der Waals surface area contributed by atoms with Crippen molar-refractivity contribution in [2.24, 2.45) is 0 Å². The van der Waals surface area contributed by atoms with Crippen LogP contribution in [0.15, 0.2) is 48.6 Å². The predicted octanol–water partition coefficient (Wildman–Crippen LogP) is 10.7. The van der Waals surface area contributed by atoms with E-state index < -0.39 is 20.0 Å². The van der Waals surface area contributed by atoms with Crippen LogP contribution < -0.4 is 10.2 Å². The average molecular weight is 753 g/mol. The molecule has 2 N–H and O–H groups in total. The Morgan fingerprint density at radius 3 is 1.71 bits per heavy atom. The zero-order valence-corrected chi connectivity index (χ0v) is 35.1. The fraction of sp³-hybridized carbons (Fsp3) is 0.791. The molecule has 3 unspecified atom stereocenters. The number of phosphoric acid groups is 1. The van der Waals surface area contributed by atoms with E-state index in [1.54, 1.807) is 6.08 Å². The molecule has 0 aliphatic rings. The number of carbonyl (C=O) groups excluding carboxylic acids is 1. The van der Waals surface area contributed by atoms with Crippen LogP contribution in [0.3, 0.4) is 0 Å². The van der Waals surface area contributed by atoms with Crippen molar-refractivity contribution in [3.63, 3.8) is 0 Å². The lowest BCUT2D eigenvalue weighted by Gasteiger charge is -2.29. The minimum absolute atomic E-state index is 0.00623. The molecule has 9 heteroatoms. The number of carbonyl (C=O) groups is 1. The first-order chi connectivity index (χ1) is 25.0. The summed E-state index contributed by atoms with van der Waals surface area (Å²) in [5.74, 6) is -0.217.